The molecular formula is C12H21N3. The molecule has 1 saturated carbocycles. The largest absolute Gasteiger partial charge is 0.347 e. The summed E-state index contributed by atoms with van der Waals surface area (Å²) in [5, 5.41) is 3.62. The third-order valence-electron chi connectivity index (χ3n) is 3.50. The summed E-state index contributed by atoms with van der Waals surface area (Å²) in [6, 6.07) is 0.715. The summed E-state index contributed by atoms with van der Waals surface area (Å²) in [7, 11) is 0. The smallest absolute Gasteiger partial charge is 0.0922 e. The molecule has 0 saturated heterocycles. The zero-order valence-corrected chi connectivity index (χ0v) is 9.50. The molecule has 2 atom stereocenters. The molecule has 1 aliphatic rings. The number of aromatic amines is 1. The lowest BCUT2D eigenvalue weighted by Crippen LogP contribution is -2.33. The van der Waals surface area contributed by atoms with Crippen LogP contribution in [0, 0.1) is 5.92 Å². The van der Waals surface area contributed by atoms with Gasteiger partial charge in [-0.25, -0.2) is 4.98 Å². The van der Waals surface area contributed by atoms with E-state index < -0.39 is 0 Å². The number of imidazole rings is 1. The summed E-state index contributed by atoms with van der Waals surface area (Å²) in [5.74, 6) is 0.943. The summed E-state index contributed by atoms with van der Waals surface area (Å²) >= 11 is 0. The summed E-state index contributed by atoms with van der Waals surface area (Å²) in [6.07, 6.45) is 10.5. The van der Waals surface area contributed by atoms with E-state index in [4.69, 9.17) is 0 Å². The zero-order valence-electron chi connectivity index (χ0n) is 9.50. The van der Waals surface area contributed by atoms with Crippen molar-refractivity contribution in [1.29, 1.82) is 0 Å². The second-order valence-electron chi connectivity index (χ2n) is 4.60. The Morgan fingerprint density at radius 1 is 1.53 bits per heavy atom. The Hall–Kier alpha value is -0.830. The van der Waals surface area contributed by atoms with E-state index in [2.05, 4.69) is 22.2 Å². The van der Waals surface area contributed by atoms with Crippen LogP contribution in [0.3, 0.4) is 0 Å². The van der Waals surface area contributed by atoms with Gasteiger partial charge >= 0.3 is 0 Å². The Balaban J connectivity index is 1.74. The van der Waals surface area contributed by atoms with Gasteiger partial charge < -0.3 is 10.3 Å². The number of H-pyrrole nitrogens is 1. The molecular weight excluding hydrogens is 186 g/mol. The summed E-state index contributed by atoms with van der Waals surface area (Å²) < 4.78 is 0. The van der Waals surface area contributed by atoms with Gasteiger partial charge in [0.25, 0.3) is 0 Å². The van der Waals surface area contributed by atoms with E-state index in [9.17, 15) is 0 Å². The maximum Gasteiger partial charge on any atom is 0.0922 e. The van der Waals surface area contributed by atoms with Crippen LogP contribution < -0.4 is 5.32 Å². The summed E-state index contributed by atoms with van der Waals surface area (Å²) in [5.41, 5.74) is 1.19. The predicted octanol–water partition coefficient (Wildman–Crippen LogP) is 2.47. The van der Waals surface area contributed by atoms with Crippen molar-refractivity contribution in [2.24, 2.45) is 5.92 Å². The number of aromatic nitrogens is 2. The van der Waals surface area contributed by atoms with E-state index >= 15 is 0 Å². The monoisotopic (exact) mass is 207 g/mol. The molecule has 84 valence electrons. The van der Waals surface area contributed by atoms with Crippen molar-refractivity contribution in [2.45, 2.75) is 51.6 Å². The van der Waals surface area contributed by atoms with Gasteiger partial charge in [-0.05, 0) is 18.8 Å². The average molecular weight is 207 g/mol. The standard InChI is InChI=1S/C12H21N3/c1-2-10-4-3-5-11(6-10)14-8-12-7-13-9-15-12/h7,9-11,14H,2-6,8H2,1H3,(H,13,15). The number of nitrogens with one attached hydrogen (secondary N) is 2. The van der Waals surface area contributed by atoms with E-state index in [1.165, 1.54) is 37.8 Å². The normalized spacial score (nSPS) is 26.7. The zero-order chi connectivity index (χ0) is 10.5. The third kappa shape index (κ3) is 3.06. The Morgan fingerprint density at radius 3 is 3.20 bits per heavy atom. The maximum absolute atomic E-state index is 4.02. The minimum absolute atomic E-state index is 0.715. The van der Waals surface area contributed by atoms with E-state index in [1.54, 1.807) is 6.33 Å². The van der Waals surface area contributed by atoms with Crippen LogP contribution in [0.1, 0.15) is 44.7 Å². The highest BCUT2D eigenvalue weighted by Crippen LogP contribution is 2.26. The van der Waals surface area contributed by atoms with Gasteiger partial charge in [0.2, 0.25) is 0 Å². The number of hydrogen-bond donors (Lipinski definition) is 2. The van der Waals surface area contributed by atoms with Gasteiger partial charge in [-0.15, -0.1) is 0 Å². The van der Waals surface area contributed by atoms with E-state index in [1.807, 2.05) is 6.20 Å². The molecule has 2 unspecified atom stereocenters. The quantitative estimate of drug-likeness (QED) is 0.796. The van der Waals surface area contributed by atoms with E-state index in [-0.39, 0.29) is 0 Å². The molecule has 0 aliphatic heterocycles. The molecule has 3 heteroatoms. The summed E-state index contributed by atoms with van der Waals surface area (Å²) in [4.78, 5) is 7.15. The van der Waals surface area contributed by atoms with Crippen molar-refractivity contribution in [3.8, 4) is 0 Å². The van der Waals surface area contributed by atoms with Gasteiger partial charge in [0.15, 0.2) is 0 Å². The van der Waals surface area contributed by atoms with Gasteiger partial charge in [0, 0.05) is 24.5 Å². The third-order valence-corrected chi connectivity index (χ3v) is 3.50. The molecule has 1 aromatic rings. The predicted molar refractivity (Wildman–Crippen MR) is 61.5 cm³/mol. The van der Waals surface area contributed by atoms with Crippen LogP contribution in [0.15, 0.2) is 12.5 Å². The van der Waals surface area contributed by atoms with Crippen LogP contribution in [0.2, 0.25) is 0 Å². The average Bonchev–Trinajstić information content (AvgIpc) is 2.79. The highest BCUT2D eigenvalue weighted by molar-refractivity contribution is 4.94. The van der Waals surface area contributed by atoms with Crippen LogP contribution in [-0.2, 0) is 6.54 Å². The Kier molecular flexibility index (Phi) is 3.78. The minimum Gasteiger partial charge on any atom is -0.347 e. The Labute approximate surface area is 91.7 Å². The van der Waals surface area contributed by atoms with E-state index in [0.29, 0.717) is 6.04 Å². The van der Waals surface area contributed by atoms with Crippen molar-refractivity contribution >= 4 is 0 Å². The van der Waals surface area contributed by atoms with Crippen LogP contribution in [0.4, 0.5) is 0 Å². The lowest BCUT2D eigenvalue weighted by atomic mass is 9.84. The fraction of sp³-hybridized carbons (Fsp3) is 0.750. The molecule has 2 N–H and O–H groups in total. The lowest BCUT2D eigenvalue weighted by Gasteiger charge is -2.29. The summed E-state index contributed by atoms with van der Waals surface area (Å²) in [6.45, 7) is 3.24. The number of nitrogens with zero attached hydrogens (tertiary/aromatic N) is 1. The van der Waals surface area contributed by atoms with Crippen molar-refractivity contribution < 1.29 is 0 Å². The number of rotatable bonds is 4. The first-order valence-corrected chi connectivity index (χ1v) is 6.09. The molecule has 0 bridgehead atoms. The first-order chi connectivity index (χ1) is 7.38. The van der Waals surface area contributed by atoms with Crippen molar-refractivity contribution in [3.63, 3.8) is 0 Å². The van der Waals surface area contributed by atoms with Crippen molar-refractivity contribution in [3.05, 3.63) is 18.2 Å². The first kappa shape index (κ1) is 10.7. The molecule has 3 nitrogen and oxygen atoms in total. The molecule has 0 radical (unpaired) electrons. The van der Waals surface area contributed by atoms with Crippen LogP contribution in [0.25, 0.3) is 0 Å². The Morgan fingerprint density at radius 2 is 2.47 bits per heavy atom. The highest BCUT2D eigenvalue weighted by Gasteiger charge is 2.19. The molecule has 2 rings (SSSR count). The van der Waals surface area contributed by atoms with E-state index in [0.717, 1.165) is 12.5 Å². The SMILES string of the molecule is CCC1CCCC(NCc2cnc[nH]2)C1. The van der Waals surface area contributed by atoms with Crippen molar-refractivity contribution in [2.75, 3.05) is 0 Å². The molecule has 1 fully saturated rings. The second-order valence-corrected chi connectivity index (χ2v) is 4.60. The maximum atomic E-state index is 4.02. The first-order valence-electron chi connectivity index (χ1n) is 6.09. The molecule has 1 aliphatic carbocycles. The second kappa shape index (κ2) is 5.31. The van der Waals surface area contributed by atoms with Gasteiger partial charge in [0.1, 0.15) is 0 Å². The van der Waals surface area contributed by atoms with Crippen molar-refractivity contribution in [1.82, 2.24) is 15.3 Å². The molecule has 0 amide bonds. The van der Waals surface area contributed by atoms with Gasteiger partial charge in [-0.1, -0.05) is 26.2 Å². The van der Waals surface area contributed by atoms with Gasteiger partial charge in [-0.3, -0.25) is 0 Å². The molecule has 0 aromatic carbocycles. The fourth-order valence-electron chi connectivity index (χ4n) is 2.48. The van der Waals surface area contributed by atoms with Crippen LogP contribution >= 0.6 is 0 Å². The molecule has 1 heterocycles. The molecule has 0 spiro atoms. The van der Waals surface area contributed by atoms with Crippen LogP contribution in [-0.4, -0.2) is 16.0 Å². The number of hydrogen-bond acceptors (Lipinski definition) is 2. The highest BCUT2D eigenvalue weighted by atomic mass is 15.0. The fourth-order valence-corrected chi connectivity index (χ4v) is 2.48. The lowest BCUT2D eigenvalue weighted by molar-refractivity contribution is 0.278. The molecule has 15 heavy (non-hydrogen) atoms. The van der Waals surface area contributed by atoms with Crippen LogP contribution in [0.5, 0.6) is 0 Å². The Bertz CT molecular complexity index is 268. The van der Waals surface area contributed by atoms with Gasteiger partial charge in [0.05, 0.1) is 6.33 Å². The topological polar surface area (TPSA) is 40.7 Å². The minimum atomic E-state index is 0.715. The molecule has 1 aromatic heterocycles. The van der Waals surface area contributed by atoms with Gasteiger partial charge in [-0.2, -0.15) is 0 Å².